The normalized spacial score (nSPS) is 13.1. The van der Waals surface area contributed by atoms with Crippen LogP contribution in [0.1, 0.15) is 11.1 Å². The maximum atomic E-state index is 5.49. The van der Waals surface area contributed by atoms with Gasteiger partial charge >= 0.3 is 0 Å². The van der Waals surface area contributed by atoms with Gasteiger partial charge in [0.25, 0.3) is 0 Å². The van der Waals surface area contributed by atoms with Gasteiger partial charge in [-0.2, -0.15) is 0 Å². The summed E-state index contributed by atoms with van der Waals surface area (Å²) in [6, 6.07) is 16.7. The Bertz CT molecular complexity index is 589. The highest BCUT2D eigenvalue weighted by atomic mass is 16.5. The minimum absolute atomic E-state index is 0.860. The Morgan fingerprint density at radius 2 is 1.94 bits per heavy atom. The maximum absolute atomic E-state index is 5.49. The predicted octanol–water partition coefficient (Wildman–Crippen LogP) is 3.87. The van der Waals surface area contributed by atoms with Gasteiger partial charge < -0.3 is 9.64 Å². The van der Waals surface area contributed by atoms with Crippen LogP contribution in [-0.2, 0) is 6.54 Å². The standard InChI is InChI=1S/C16H15NO/c1-13-5-4-6-14(11-13)12-17-9-10-18-16-8-3-2-7-15(16)17/h2-11H,12H2,1H3. The minimum atomic E-state index is 0.860. The Kier molecular flexibility index (Phi) is 2.77. The number of para-hydroxylation sites is 2. The fourth-order valence-corrected chi connectivity index (χ4v) is 2.20. The van der Waals surface area contributed by atoms with Gasteiger partial charge in [0, 0.05) is 12.7 Å². The van der Waals surface area contributed by atoms with Gasteiger partial charge in [-0.05, 0) is 24.6 Å². The SMILES string of the molecule is Cc1cccc(CN2C=COc3ccccc32)c1. The molecule has 0 atom stereocenters. The van der Waals surface area contributed by atoms with Crippen LogP contribution in [-0.4, -0.2) is 0 Å². The highest BCUT2D eigenvalue weighted by Gasteiger charge is 2.13. The van der Waals surface area contributed by atoms with Crippen LogP contribution in [0.4, 0.5) is 5.69 Å². The fourth-order valence-electron chi connectivity index (χ4n) is 2.20. The molecule has 0 fully saturated rings. The van der Waals surface area contributed by atoms with E-state index in [1.54, 1.807) is 6.26 Å². The van der Waals surface area contributed by atoms with Crippen molar-refractivity contribution in [2.24, 2.45) is 0 Å². The first-order valence-corrected chi connectivity index (χ1v) is 6.07. The Hall–Kier alpha value is -2.22. The summed E-state index contributed by atoms with van der Waals surface area (Å²) in [5, 5.41) is 0. The largest absolute Gasteiger partial charge is 0.461 e. The second-order valence-corrected chi connectivity index (χ2v) is 4.49. The van der Waals surface area contributed by atoms with Gasteiger partial charge in [-0.1, -0.05) is 42.0 Å². The van der Waals surface area contributed by atoms with Gasteiger partial charge in [0.05, 0.1) is 5.69 Å². The first-order valence-electron chi connectivity index (χ1n) is 6.07. The van der Waals surface area contributed by atoms with Crippen LogP contribution in [0.3, 0.4) is 0 Å². The van der Waals surface area contributed by atoms with E-state index in [-0.39, 0.29) is 0 Å². The summed E-state index contributed by atoms with van der Waals surface area (Å²) in [6.07, 6.45) is 3.71. The number of fused-ring (bicyclic) bond motifs is 1. The molecule has 18 heavy (non-hydrogen) atoms. The monoisotopic (exact) mass is 237 g/mol. The lowest BCUT2D eigenvalue weighted by molar-refractivity contribution is 0.469. The number of aryl methyl sites for hydroxylation is 1. The fraction of sp³-hybridized carbons (Fsp3) is 0.125. The molecule has 0 bridgehead atoms. The molecule has 0 unspecified atom stereocenters. The van der Waals surface area contributed by atoms with Crippen molar-refractivity contribution in [3.63, 3.8) is 0 Å². The Labute approximate surface area is 107 Å². The van der Waals surface area contributed by atoms with Crippen molar-refractivity contribution >= 4 is 5.69 Å². The van der Waals surface area contributed by atoms with Crippen molar-refractivity contribution in [2.45, 2.75) is 13.5 Å². The van der Waals surface area contributed by atoms with Gasteiger partial charge in [-0.15, -0.1) is 0 Å². The summed E-state index contributed by atoms with van der Waals surface area (Å²) in [6.45, 7) is 2.98. The van der Waals surface area contributed by atoms with Crippen LogP contribution in [0, 0.1) is 6.92 Å². The molecule has 0 radical (unpaired) electrons. The number of rotatable bonds is 2. The Morgan fingerprint density at radius 1 is 1.06 bits per heavy atom. The van der Waals surface area contributed by atoms with E-state index in [2.05, 4.69) is 42.2 Å². The first kappa shape index (κ1) is 10.9. The van der Waals surface area contributed by atoms with Crippen molar-refractivity contribution in [1.29, 1.82) is 0 Å². The molecule has 2 aromatic rings. The van der Waals surface area contributed by atoms with Crippen LogP contribution >= 0.6 is 0 Å². The summed E-state index contributed by atoms with van der Waals surface area (Å²) in [5.74, 6) is 0.910. The molecule has 0 spiro atoms. The van der Waals surface area contributed by atoms with Crippen molar-refractivity contribution in [2.75, 3.05) is 4.90 Å². The third-order valence-corrected chi connectivity index (χ3v) is 3.05. The molecule has 0 saturated heterocycles. The van der Waals surface area contributed by atoms with E-state index in [1.807, 2.05) is 24.4 Å². The molecule has 0 N–H and O–H groups in total. The molecule has 90 valence electrons. The Morgan fingerprint density at radius 3 is 2.83 bits per heavy atom. The summed E-state index contributed by atoms with van der Waals surface area (Å²) in [4.78, 5) is 2.20. The lowest BCUT2D eigenvalue weighted by Crippen LogP contribution is -2.19. The zero-order chi connectivity index (χ0) is 12.4. The molecule has 2 nitrogen and oxygen atoms in total. The topological polar surface area (TPSA) is 12.5 Å². The van der Waals surface area contributed by atoms with Gasteiger partial charge in [0.2, 0.25) is 0 Å². The second-order valence-electron chi connectivity index (χ2n) is 4.49. The zero-order valence-corrected chi connectivity index (χ0v) is 10.3. The van der Waals surface area contributed by atoms with E-state index in [0.717, 1.165) is 18.0 Å². The molecular weight excluding hydrogens is 222 g/mol. The average Bonchev–Trinajstić information content (AvgIpc) is 2.39. The van der Waals surface area contributed by atoms with E-state index in [1.165, 1.54) is 11.1 Å². The quantitative estimate of drug-likeness (QED) is 0.786. The molecule has 2 heteroatoms. The molecule has 0 saturated carbocycles. The number of hydrogen-bond donors (Lipinski definition) is 0. The smallest absolute Gasteiger partial charge is 0.150 e. The molecule has 1 heterocycles. The van der Waals surface area contributed by atoms with Gasteiger partial charge in [-0.3, -0.25) is 0 Å². The number of ether oxygens (including phenoxy) is 1. The van der Waals surface area contributed by atoms with Gasteiger partial charge in [-0.25, -0.2) is 0 Å². The zero-order valence-electron chi connectivity index (χ0n) is 10.3. The number of benzene rings is 2. The van der Waals surface area contributed by atoms with Gasteiger partial charge in [0.15, 0.2) is 0 Å². The second kappa shape index (κ2) is 4.57. The van der Waals surface area contributed by atoms with Crippen LogP contribution < -0.4 is 9.64 Å². The van der Waals surface area contributed by atoms with E-state index < -0.39 is 0 Å². The van der Waals surface area contributed by atoms with Crippen LogP contribution in [0.15, 0.2) is 61.0 Å². The number of hydrogen-bond acceptors (Lipinski definition) is 2. The third kappa shape index (κ3) is 2.09. The summed E-state index contributed by atoms with van der Waals surface area (Å²) in [7, 11) is 0. The maximum Gasteiger partial charge on any atom is 0.150 e. The predicted molar refractivity (Wildman–Crippen MR) is 73.6 cm³/mol. The lowest BCUT2D eigenvalue weighted by Gasteiger charge is -2.26. The summed E-state index contributed by atoms with van der Waals surface area (Å²) >= 11 is 0. The van der Waals surface area contributed by atoms with E-state index in [4.69, 9.17) is 4.74 Å². The Balaban J connectivity index is 1.89. The minimum Gasteiger partial charge on any atom is -0.461 e. The molecule has 0 amide bonds. The highest BCUT2D eigenvalue weighted by Crippen LogP contribution is 2.32. The van der Waals surface area contributed by atoms with Crippen molar-refractivity contribution in [3.05, 3.63) is 72.1 Å². The average molecular weight is 237 g/mol. The van der Waals surface area contributed by atoms with Crippen LogP contribution in [0.2, 0.25) is 0 Å². The van der Waals surface area contributed by atoms with Gasteiger partial charge in [0.1, 0.15) is 12.0 Å². The van der Waals surface area contributed by atoms with E-state index >= 15 is 0 Å². The number of nitrogens with zero attached hydrogens (tertiary/aromatic N) is 1. The third-order valence-electron chi connectivity index (χ3n) is 3.05. The summed E-state index contributed by atoms with van der Waals surface area (Å²) in [5.41, 5.74) is 3.70. The number of anilines is 1. The van der Waals surface area contributed by atoms with Crippen molar-refractivity contribution in [1.82, 2.24) is 0 Å². The molecule has 1 aliphatic heterocycles. The first-order chi connectivity index (χ1) is 8.83. The van der Waals surface area contributed by atoms with E-state index in [0.29, 0.717) is 0 Å². The lowest BCUT2D eigenvalue weighted by atomic mass is 10.1. The molecule has 3 rings (SSSR count). The molecule has 0 aromatic heterocycles. The van der Waals surface area contributed by atoms with Crippen molar-refractivity contribution < 1.29 is 4.74 Å². The van der Waals surface area contributed by atoms with Crippen LogP contribution in [0.25, 0.3) is 0 Å². The van der Waals surface area contributed by atoms with Crippen LogP contribution in [0.5, 0.6) is 5.75 Å². The van der Waals surface area contributed by atoms with Crippen molar-refractivity contribution in [3.8, 4) is 5.75 Å². The summed E-state index contributed by atoms with van der Waals surface area (Å²) < 4.78 is 5.49. The molecule has 2 aromatic carbocycles. The molecule has 1 aliphatic rings. The highest BCUT2D eigenvalue weighted by molar-refractivity contribution is 5.62. The van der Waals surface area contributed by atoms with E-state index in [9.17, 15) is 0 Å². The molecular formula is C16H15NO. The molecule has 0 aliphatic carbocycles.